The van der Waals surface area contributed by atoms with Crippen molar-refractivity contribution in [3.05, 3.63) is 59.7 Å². The van der Waals surface area contributed by atoms with Crippen LogP contribution in [0.15, 0.2) is 42.5 Å². The van der Waals surface area contributed by atoms with E-state index in [2.05, 4.69) is 18.4 Å². The van der Waals surface area contributed by atoms with Crippen molar-refractivity contribution in [3.8, 4) is 5.75 Å². The molecule has 0 atom stereocenters. The van der Waals surface area contributed by atoms with Gasteiger partial charge in [0.2, 0.25) is 0 Å². The van der Waals surface area contributed by atoms with Crippen LogP contribution in [0.2, 0.25) is 0 Å². The molecule has 0 saturated carbocycles. The standard InChI is InChI=1S/C18H19FN2O/c1-12(2)18-20-15-6-4-5-7-16(15)21(18)11-13-8-9-17(22-3)14(19)10-13/h4-10,12H,11H2,1-3H3. The lowest BCUT2D eigenvalue weighted by molar-refractivity contribution is 0.386. The van der Waals surface area contributed by atoms with Gasteiger partial charge in [0.05, 0.1) is 18.1 Å². The van der Waals surface area contributed by atoms with Crippen LogP contribution in [0.25, 0.3) is 11.0 Å². The second-order valence-corrected chi connectivity index (χ2v) is 5.67. The van der Waals surface area contributed by atoms with Gasteiger partial charge in [-0.25, -0.2) is 9.37 Å². The number of methoxy groups -OCH3 is 1. The van der Waals surface area contributed by atoms with E-state index in [0.29, 0.717) is 12.5 Å². The highest BCUT2D eigenvalue weighted by Gasteiger charge is 2.14. The number of benzene rings is 2. The van der Waals surface area contributed by atoms with Crippen molar-refractivity contribution in [2.75, 3.05) is 7.11 Å². The number of halogens is 1. The lowest BCUT2D eigenvalue weighted by Crippen LogP contribution is -2.07. The maximum atomic E-state index is 13.9. The predicted octanol–water partition coefficient (Wildman–Crippen LogP) is 4.36. The number of hydrogen-bond acceptors (Lipinski definition) is 2. The van der Waals surface area contributed by atoms with Gasteiger partial charge in [-0.2, -0.15) is 0 Å². The molecule has 3 rings (SSSR count). The van der Waals surface area contributed by atoms with Crippen LogP contribution in [0, 0.1) is 5.82 Å². The summed E-state index contributed by atoms with van der Waals surface area (Å²) in [6, 6.07) is 13.1. The molecule has 4 heteroatoms. The van der Waals surface area contributed by atoms with E-state index in [1.807, 2.05) is 30.3 Å². The van der Waals surface area contributed by atoms with Gasteiger partial charge in [0.1, 0.15) is 5.82 Å². The van der Waals surface area contributed by atoms with Crippen molar-refractivity contribution in [3.63, 3.8) is 0 Å². The fourth-order valence-corrected chi connectivity index (χ4v) is 2.69. The lowest BCUT2D eigenvalue weighted by Gasteiger charge is -2.12. The van der Waals surface area contributed by atoms with Crippen LogP contribution < -0.4 is 4.74 Å². The van der Waals surface area contributed by atoms with E-state index in [1.54, 1.807) is 6.07 Å². The van der Waals surface area contributed by atoms with Crippen LogP contribution in [0.4, 0.5) is 4.39 Å². The third-order valence-electron chi connectivity index (χ3n) is 3.76. The Labute approximate surface area is 129 Å². The van der Waals surface area contributed by atoms with E-state index in [0.717, 1.165) is 22.4 Å². The molecule has 0 bridgehead atoms. The first-order valence-electron chi connectivity index (χ1n) is 7.37. The molecule has 0 radical (unpaired) electrons. The van der Waals surface area contributed by atoms with Crippen molar-refractivity contribution in [2.45, 2.75) is 26.3 Å². The molecule has 0 aliphatic carbocycles. The van der Waals surface area contributed by atoms with E-state index >= 15 is 0 Å². The Morgan fingerprint density at radius 2 is 1.95 bits per heavy atom. The summed E-state index contributed by atoms with van der Waals surface area (Å²) in [6.45, 7) is 4.83. The van der Waals surface area contributed by atoms with Crippen LogP contribution >= 0.6 is 0 Å². The summed E-state index contributed by atoms with van der Waals surface area (Å²) in [5.41, 5.74) is 2.94. The highest BCUT2D eigenvalue weighted by Crippen LogP contribution is 2.24. The van der Waals surface area contributed by atoms with Gasteiger partial charge in [-0.15, -0.1) is 0 Å². The summed E-state index contributed by atoms with van der Waals surface area (Å²) in [7, 11) is 1.47. The van der Waals surface area contributed by atoms with E-state index in [1.165, 1.54) is 13.2 Å². The van der Waals surface area contributed by atoms with Crippen molar-refractivity contribution in [1.82, 2.24) is 9.55 Å². The Kier molecular flexibility index (Phi) is 3.84. The number of ether oxygens (including phenoxy) is 1. The molecule has 0 amide bonds. The average molecular weight is 298 g/mol. The minimum Gasteiger partial charge on any atom is -0.494 e. The molecule has 0 aliphatic rings. The fraction of sp³-hybridized carbons (Fsp3) is 0.278. The third kappa shape index (κ3) is 2.56. The summed E-state index contributed by atoms with van der Waals surface area (Å²) >= 11 is 0. The summed E-state index contributed by atoms with van der Waals surface area (Å²) in [6.07, 6.45) is 0. The van der Waals surface area contributed by atoms with Gasteiger partial charge in [0, 0.05) is 12.5 Å². The minimum absolute atomic E-state index is 0.267. The SMILES string of the molecule is COc1ccc(Cn2c(C(C)C)nc3ccccc32)cc1F. The van der Waals surface area contributed by atoms with E-state index in [-0.39, 0.29) is 11.6 Å². The maximum absolute atomic E-state index is 13.9. The average Bonchev–Trinajstić information content (AvgIpc) is 2.87. The summed E-state index contributed by atoms with van der Waals surface area (Å²) in [5, 5.41) is 0. The molecule has 3 aromatic rings. The molecule has 0 aliphatic heterocycles. The molecule has 0 saturated heterocycles. The van der Waals surface area contributed by atoms with Gasteiger partial charge in [0.25, 0.3) is 0 Å². The molecule has 2 aromatic carbocycles. The van der Waals surface area contributed by atoms with Gasteiger partial charge in [0.15, 0.2) is 11.6 Å². The Morgan fingerprint density at radius 1 is 1.18 bits per heavy atom. The fourth-order valence-electron chi connectivity index (χ4n) is 2.69. The molecule has 114 valence electrons. The number of para-hydroxylation sites is 2. The molecular formula is C18H19FN2O. The highest BCUT2D eigenvalue weighted by molar-refractivity contribution is 5.76. The third-order valence-corrected chi connectivity index (χ3v) is 3.76. The molecule has 3 nitrogen and oxygen atoms in total. The Balaban J connectivity index is 2.06. The number of fused-ring (bicyclic) bond motifs is 1. The van der Waals surface area contributed by atoms with Gasteiger partial charge < -0.3 is 9.30 Å². The first kappa shape index (κ1) is 14.6. The number of rotatable bonds is 4. The predicted molar refractivity (Wildman–Crippen MR) is 85.9 cm³/mol. The van der Waals surface area contributed by atoms with E-state index in [4.69, 9.17) is 9.72 Å². The zero-order chi connectivity index (χ0) is 15.7. The molecular weight excluding hydrogens is 279 g/mol. The quantitative estimate of drug-likeness (QED) is 0.715. The van der Waals surface area contributed by atoms with Crippen molar-refractivity contribution in [1.29, 1.82) is 0 Å². The first-order valence-corrected chi connectivity index (χ1v) is 7.37. The van der Waals surface area contributed by atoms with E-state index in [9.17, 15) is 4.39 Å². The zero-order valence-electron chi connectivity index (χ0n) is 13.0. The number of nitrogens with zero attached hydrogens (tertiary/aromatic N) is 2. The maximum Gasteiger partial charge on any atom is 0.165 e. The second kappa shape index (κ2) is 5.79. The Bertz CT molecular complexity index is 808. The number of aromatic nitrogens is 2. The molecule has 22 heavy (non-hydrogen) atoms. The highest BCUT2D eigenvalue weighted by atomic mass is 19.1. The van der Waals surface area contributed by atoms with Crippen LogP contribution in [0.5, 0.6) is 5.75 Å². The molecule has 0 fully saturated rings. The zero-order valence-corrected chi connectivity index (χ0v) is 13.0. The first-order chi connectivity index (χ1) is 10.6. The van der Waals surface area contributed by atoms with Crippen LogP contribution in [-0.2, 0) is 6.54 Å². The van der Waals surface area contributed by atoms with Crippen molar-refractivity contribution in [2.24, 2.45) is 0 Å². The summed E-state index contributed by atoms with van der Waals surface area (Å²) in [5.74, 6) is 1.24. The van der Waals surface area contributed by atoms with Crippen LogP contribution in [0.1, 0.15) is 31.2 Å². The smallest absolute Gasteiger partial charge is 0.165 e. The van der Waals surface area contributed by atoms with E-state index < -0.39 is 0 Å². The summed E-state index contributed by atoms with van der Waals surface area (Å²) in [4.78, 5) is 4.71. The Hall–Kier alpha value is -2.36. The largest absolute Gasteiger partial charge is 0.494 e. The molecule has 1 heterocycles. The minimum atomic E-state index is -0.337. The molecule has 0 spiro atoms. The second-order valence-electron chi connectivity index (χ2n) is 5.67. The van der Waals surface area contributed by atoms with Gasteiger partial charge in [-0.05, 0) is 29.8 Å². The molecule has 0 unspecified atom stereocenters. The van der Waals surface area contributed by atoms with Crippen molar-refractivity contribution >= 4 is 11.0 Å². The normalized spacial score (nSPS) is 11.3. The topological polar surface area (TPSA) is 27.1 Å². The monoisotopic (exact) mass is 298 g/mol. The molecule has 1 aromatic heterocycles. The lowest BCUT2D eigenvalue weighted by atomic mass is 10.1. The van der Waals surface area contributed by atoms with Gasteiger partial charge in [-0.3, -0.25) is 0 Å². The molecule has 0 N–H and O–H groups in total. The van der Waals surface area contributed by atoms with Crippen LogP contribution in [-0.4, -0.2) is 16.7 Å². The number of imidazole rings is 1. The summed E-state index contributed by atoms with van der Waals surface area (Å²) < 4.78 is 21.0. The van der Waals surface area contributed by atoms with Gasteiger partial charge in [-0.1, -0.05) is 32.0 Å². The Morgan fingerprint density at radius 3 is 2.64 bits per heavy atom. The van der Waals surface area contributed by atoms with Crippen molar-refractivity contribution < 1.29 is 9.13 Å². The number of hydrogen-bond donors (Lipinski definition) is 0. The van der Waals surface area contributed by atoms with Gasteiger partial charge >= 0.3 is 0 Å². The van der Waals surface area contributed by atoms with Crippen LogP contribution in [0.3, 0.4) is 0 Å².